The molecule has 1 spiro atoms. The fourth-order valence-corrected chi connectivity index (χ4v) is 3.96. The van der Waals surface area contributed by atoms with Crippen LogP contribution in [0.3, 0.4) is 0 Å². The van der Waals surface area contributed by atoms with E-state index >= 15 is 0 Å². The summed E-state index contributed by atoms with van der Waals surface area (Å²) in [7, 11) is 1.84. The molecule has 21 heavy (non-hydrogen) atoms. The second-order valence-electron chi connectivity index (χ2n) is 7.16. The molecule has 5 nitrogen and oxygen atoms in total. The minimum Gasteiger partial charge on any atom is -0.388 e. The van der Waals surface area contributed by atoms with Crippen molar-refractivity contribution < 1.29 is 9.84 Å². The Morgan fingerprint density at radius 2 is 2.05 bits per heavy atom. The summed E-state index contributed by atoms with van der Waals surface area (Å²) in [6, 6.07) is 0. The second kappa shape index (κ2) is 6.13. The van der Waals surface area contributed by atoms with E-state index < -0.39 is 5.60 Å². The Hall–Kier alpha value is -0.810. The van der Waals surface area contributed by atoms with Crippen molar-refractivity contribution in [3.63, 3.8) is 0 Å². The molecule has 2 aliphatic heterocycles. The lowest BCUT2D eigenvalue weighted by atomic mass is 9.76. The molecule has 3 rings (SSSR count). The maximum absolute atomic E-state index is 10.2. The van der Waals surface area contributed by atoms with Crippen LogP contribution in [0.1, 0.15) is 44.9 Å². The predicted octanol–water partition coefficient (Wildman–Crippen LogP) is 1.37. The Bertz CT molecular complexity index is 381. The quantitative estimate of drug-likeness (QED) is 0.597. The summed E-state index contributed by atoms with van der Waals surface area (Å²) in [5, 5.41) is 13.6. The zero-order valence-electron chi connectivity index (χ0n) is 13.2. The van der Waals surface area contributed by atoms with Gasteiger partial charge in [-0.2, -0.15) is 0 Å². The molecule has 0 radical (unpaired) electrons. The van der Waals surface area contributed by atoms with Crippen molar-refractivity contribution in [3.05, 3.63) is 0 Å². The van der Waals surface area contributed by atoms with Gasteiger partial charge in [-0.3, -0.25) is 4.99 Å². The Kier molecular flexibility index (Phi) is 4.41. The van der Waals surface area contributed by atoms with E-state index in [1.165, 1.54) is 25.7 Å². The maximum atomic E-state index is 10.2. The van der Waals surface area contributed by atoms with Crippen LogP contribution in [-0.4, -0.2) is 61.5 Å². The number of aliphatic imine (C=N–C) groups is 1. The summed E-state index contributed by atoms with van der Waals surface area (Å²) in [6.45, 7) is 4.52. The van der Waals surface area contributed by atoms with Crippen molar-refractivity contribution in [2.24, 2.45) is 10.4 Å². The number of hydrogen-bond acceptors (Lipinski definition) is 3. The zero-order chi connectivity index (χ0) is 14.8. The first-order chi connectivity index (χ1) is 10.1. The van der Waals surface area contributed by atoms with Crippen LogP contribution in [0.5, 0.6) is 0 Å². The first-order valence-electron chi connectivity index (χ1n) is 8.41. The normalized spacial score (nSPS) is 32.9. The largest absolute Gasteiger partial charge is 0.388 e. The molecule has 5 heteroatoms. The average molecular weight is 295 g/mol. The van der Waals surface area contributed by atoms with Crippen LogP contribution in [0.15, 0.2) is 4.99 Å². The topological polar surface area (TPSA) is 57.1 Å². The van der Waals surface area contributed by atoms with E-state index in [-0.39, 0.29) is 0 Å². The van der Waals surface area contributed by atoms with E-state index in [1.807, 2.05) is 7.05 Å². The number of guanidine groups is 1. The number of rotatable bonds is 2. The van der Waals surface area contributed by atoms with Crippen molar-refractivity contribution in [3.8, 4) is 0 Å². The minimum absolute atomic E-state index is 0.321. The van der Waals surface area contributed by atoms with Crippen LogP contribution in [0.25, 0.3) is 0 Å². The molecule has 3 aliphatic rings. The van der Waals surface area contributed by atoms with Gasteiger partial charge in [0.25, 0.3) is 0 Å². The van der Waals surface area contributed by atoms with Crippen LogP contribution in [0.4, 0.5) is 0 Å². The van der Waals surface area contributed by atoms with Crippen molar-refractivity contribution in [2.45, 2.75) is 50.5 Å². The molecule has 1 atom stereocenters. The maximum Gasteiger partial charge on any atom is 0.193 e. The van der Waals surface area contributed by atoms with Gasteiger partial charge in [0, 0.05) is 38.7 Å². The van der Waals surface area contributed by atoms with Crippen molar-refractivity contribution in [1.82, 2.24) is 10.2 Å². The molecular formula is C16H29N3O2. The fraction of sp³-hybridized carbons (Fsp3) is 0.938. The summed E-state index contributed by atoms with van der Waals surface area (Å²) in [5.41, 5.74) is -0.182. The van der Waals surface area contributed by atoms with Gasteiger partial charge in [0.1, 0.15) is 0 Å². The van der Waals surface area contributed by atoms with Crippen LogP contribution in [-0.2, 0) is 4.74 Å². The molecule has 0 aromatic rings. The Labute approximate surface area is 127 Å². The van der Waals surface area contributed by atoms with Gasteiger partial charge in [0.15, 0.2) is 5.96 Å². The lowest BCUT2D eigenvalue weighted by molar-refractivity contribution is -0.0395. The van der Waals surface area contributed by atoms with Gasteiger partial charge in [0.2, 0.25) is 0 Å². The van der Waals surface area contributed by atoms with E-state index in [0.717, 1.165) is 51.5 Å². The van der Waals surface area contributed by atoms with E-state index in [4.69, 9.17) is 4.74 Å². The smallest absolute Gasteiger partial charge is 0.193 e. The highest BCUT2D eigenvalue weighted by Crippen LogP contribution is 2.37. The zero-order valence-corrected chi connectivity index (χ0v) is 13.2. The van der Waals surface area contributed by atoms with Gasteiger partial charge in [-0.05, 0) is 44.9 Å². The highest BCUT2D eigenvalue weighted by molar-refractivity contribution is 5.80. The number of likely N-dealkylation sites (tertiary alicyclic amines) is 1. The molecule has 2 saturated heterocycles. The number of nitrogens with one attached hydrogen (secondary N) is 1. The van der Waals surface area contributed by atoms with Gasteiger partial charge < -0.3 is 20.1 Å². The van der Waals surface area contributed by atoms with Crippen molar-refractivity contribution in [2.75, 3.05) is 39.9 Å². The molecule has 0 aromatic carbocycles. The van der Waals surface area contributed by atoms with Crippen molar-refractivity contribution in [1.29, 1.82) is 0 Å². The lowest BCUT2D eigenvalue weighted by Gasteiger charge is -2.46. The number of piperidine rings is 1. The molecule has 0 amide bonds. The number of ether oxygens (including phenoxy) is 1. The summed E-state index contributed by atoms with van der Waals surface area (Å²) in [4.78, 5) is 6.79. The van der Waals surface area contributed by atoms with Crippen LogP contribution in [0.2, 0.25) is 0 Å². The van der Waals surface area contributed by atoms with Crippen molar-refractivity contribution >= 4 is 5.96 Å². The number of hydrogen-bond donors (Lipinski definition) is 2. The fourth-order valence-electron chi connectivity index (χ4n) is 3.96. The van der Waals surface area contributed by atoms with Gasteiger partial charge in [-0.25, -0.2) is 0 Å². The first-order valence-corrected chi connectivity index (χ1v) is 8.41. The van der Waals surface area contributed by atoms with E-state index in [2.05, 4.69) is 15.2 Å². The highest BCUT2D eigenvalue weighted by atomic mass is 16.5. The summed E-state index contributed by atoms with van der Waals surface area (Å²) < 4.78 is 5.74. The second-order valence-corrected chi connectivity index (χ2v) is 7.16. The molecule has 2 heterocycles. The molecule has 0 bridgehead atoms. The molecular weight excluding hydrogens is 266 g/mol. The van der Waals surface area contributed by atoms with E-state index in [9.17, 15) is 5.11 Å². The molecule has 2 N–H and O–H groups in total. The third-order valence-corrected chi connectivity index (χ3v) is 5.44. The van der Waals surface area contributed by atoms with Crippen LogP contribution >= 0.6 is 0 Å². The Morgan fingerprint density at radius 1 is 1.24 bits per heavy atom. The number of aliphatic hydroxyl groups is 1. The van der Waals surface area contributed by atoms with Gasteiger partial charge in [-0.1, -0.05) is 0 Å². The number of nitrogens with zero attached hydrogens (tertiary/aromatic N) is 2. The molecule has 120 valence electrons. The Morgan fingerprint density at radius 3 is 2.67 bits per heavy atom. The third kappa shape index (κ3) is 3.34. The standard InChI is InChI=1S/C16H29N3O2/c1-17-14(18-11-16(20)7-2-8-16)19-9-3-5-15(12-19)6-4-10-21-13-15/h20H,2-13H2,1H3,(H,17,18). The molecule has 0 aromatic heterocycles. The van der Waals surface area contributed by atoms with Crippen LogP contribution < -0.4 is 5.32 Å². The predicted molar refractivity (Wildman–Crippen MR) is 83.5 cm³/mol. The average Bonchev–Trinajstić information content (AvgIpc) is 2.47. The minimum atomic E-state index is -0.503. The summed E-state index contributed by atoms with van der Waals surface area (Å²) in [6.07, 6.45) is 7.88. The lowest BCUT2D eigenvalue weighted by Crippen LogP contribution is -2.56. The van der Waals surface area contributed by atoms with E-state index in [0.29, 0.717) is 12.0 Å². The molecule has 1 unspecified atom stereocenters. The Balaban J connectivity index is 1.58. The van der Waals surface area contributed by atoms with Crippen LogP contribution in [0, 0.1) is 5.41 Å². The first kappa shape index (κ1) is 15.1. The summed E-state index contributed by atoms with van der Waals surface area (Å²) >= 11 is 0. The van der Waals surface area contributed by atoms with Gasteiger partial charge in [0.05, 0.1) is 12.2 Å². The molecule has 3 fully saturated rings. The van der Waals surface area contributed by atoms with Gasteiger partial charge in [-0.15, -0.1) is 0 Å². The summed E-state index contributed by atoms with van der Waals surface area (Å²) in [5.74, 6) is 0.944. The molecule has 1 aliphatic carbocycles. The molecule has 1 saturated carbocycles. The SMILES string of the molecule is CN=C(NCC1(O)CCC1)N1CCCC2(CCCOC2)C1. The van der Waals surface area contributed by atoms with Gasteiger partial charge >= 0.3 is 0 Å². The third-order valence-electron chi connectivity index (χ3n) is 5.44. The van der Waals surface area contributed by atoms with E-state index in [1.54, 1.807) is 0 Å². The monoisotopic (exact) mass is 295 g/mol. The highest BCUT2D eigenvalue weighted by Gasteiger charge is 2.39.